The van der Waals surface area contributed by atoms with Gasteiger partial charge in [0.05, 0.1) is 17.4 Å². The number of nitrogens with zero attached hydrogens (tertiary/aromatic N) is 5. The minimum Gasteiger partial charge on any atom is -0.353 e. The Morgan fingerprint density at radius 1 is 1.06 bits per heavy atom. The Labute approximate surface area is 197 Å². The molecule has 2 N–H and O–H groups in total. The maximum Gasteiger partial charge on any atom is 0.162 e. The van der Waals surface area contributed by atoms with Crippen molar-refractivity contribution in [1.29, 1.82) is 0 Å². The van der Waals surface area contributed by atoms with Crippen molar-refractivity contribution in [3.8, 4) is 11.4 Å². The molecule has 0 atom stereocenters. The number of fused-ring (bicyclic) bond motifs is 1. The number of aryl methyl sites for hydroxylation is 1. The van der Waals surface area contributed by atoms with Gasteiger partial charge in [-0.05, 0) is 61.1 Å². The van der Waals surface area contributed by atoms with Gasteiger partial charge in [0.25, 0.3) is 0 Å². The molecule has 2 fully saturated rings. The van der Waals surface area contributed by atoms with Gasteiger partial charge < -0.3 is 15.5 Å². The van der Waals surface area contributed by atoms with Crippen LogP contribution in [0, 0.1) is 12.7 Å². The molecule has 8 heteroatoms. The Morgan fingerprint density at radius 3 is 2.74 bits per heavy atom. The van der Waals surface area contributed by atoms with Gasteiger partial charge in [0.1, 0.15) is 17.5 Å². The highest BCUT2D eigenvalue weighted by Crippen LogP contribution is 2.44. The number of halogens is 1. The molecule has 0 bridgehead atoms. The van der Waals surface area contributed by atoms with Crippen molar-refractivity contribution < 1.29 is 4.39 Å². The Bertz CT molecular complexity index is 1360. The molecular weight excluding hydrogens is 429 g/mol. The summed E-state index contributed by atoms with van der Waals surface area (Å²) in [5, 5.41) is 7.64. The second-order valence-electron chi connectivity index (χ2n) is 9.04. The molecule has 1 saturated carbocycles. The van der Waals surface area contributed by atoms with Crippen LogP contribution in [0.4, 0.5) is 21.7 Å². The number of rotatable bonds is 5. The van der Waals surface area contributed by atoms with Gasteiger partial charge in [0.2, 0.25) is 0 Å². The third kappa shape index (κ3) is 4.05. The van der Waals surface area contributed by atoms with Gasteiger partial charge >= 0.3 is 0 Å². The van der Waals surface area contributed by atoms with Crippen molar-refractivity contribution in [3.05, 3.63) is 65.9 Å². The fourth-order valence-corrected chi connectivity index (χ4v) is 4.54. The predicted molar refractivity (Wildman–Crippen MR) is 132 cm³/mol. The molecule has 0 unspecified atom stereocenters. The number of anilines is 3. The van der Waals surface area contributed by atoms with E-state index >= 15 is 0 Å². The summed E-state index contributed by atoms with van der Waals surface area (Å²) in [6, 6.07) is 8.72. The molecule has 1 aliphatic heterocycles. The second kappa shape index (κ2) is 8.61. The minimum atomic E-state index is -0.320. The van der Waals surface area contributed by atoms with Crippen LogP contribution in [0.3, 0.4) is 0 Å². The first-order valence-corrected chi connectivity index (χ1v) is 11.8. The van der Waals surface area contributed by atoms with Crippen molar-refractivity contribution >= 4 is 28.2 Å². The summed E-state index contributed by atoms with van der Waals surface area (Å²) >= 11 is 0. The summed E-state index contributed by atoms with van der Waals surface area (Å²) in [6.07, 6.45) is 7.90. The SMILES string of the molecule is Cc1ccc(F)c(Nc2cc(-c3nc(N4CCNCC4)c4c(C5CC5)cncc4n3)ccn2)c1. The van der Waals surface area contributed by atoms with Gasteiger partial charge in [-0.3, -0.25) is 4.98 Å². The van der Waals surface area contributed by atoms with Crippen LogP contribution in [0.2, 0.25) is 0 Å². The van der Waals surface area contributed by atoms with E-state index in [9.17, 15) is 4.39 Å². The van der Waals surface area contributed by atoms with Crippen LogP contribution < -0.4 is 15.5 Å². The van der Waals surface area contributed by atoms with Crippen LogP contribution in [-0.4, -0.2) is 46.1 Å². The first-order valence-electron chi connectivity index (χ1n) is 11.8. The fraction of sp³-hybridized carbons (Fsp3) is 0.308. The molecule has 4 heterocycles. The van der Waals surface area contributed by atoms with Gasteiger partial charge in [-0.1, -0.05) is 6.07 Å². The number of aromatic nitrogens is 4. The number of hydrogen-bond acceptors (Lipinski definition) is 7. The molecule has 0 radical (unpaired) electrons. The van der Waals surface area contributed by atoms with Gasteiger partial charge in [-0.15, -0.1) is 0 Å². The zero-order chi connectivity index (χ0) is 23.1. The smallest absolute Gasteiger partial charge is 0.162 e. The van der Waals surface area contributed by atoms with E-state index in [0.717, 1.165) is 54.0 Å². The average Bonchev–Trinajstić information content (AvgIpc) is 3.71. The Kier molecular flexibility index (Phi) is 5.30. The van der Waals surface area contributed by atoms with Gasteiger partial charge in [-0.25, -0.2) is 19.3 Å². The van der Waals surface area contributed by atoms with Crippen molar-refractivity contribution in [1.82, 2.24) is 25.3 Å². The average molecular weight is 456 g/mol. The summed E-state index contributed by atoms with van der Waals surface area (Å²) in [5.41, 5.74) is 4.30. The van der Waals surface area contributed by atoms with Crippen LogP contribution >= 0.6 is 0 Å². The molecular formula is C26H26FN7. The van der Waals surface area contributed by atoms with Crippen LogP contribution in [-0.2, 0) is 0 Å². The quantitative estimate of drug-likeness (QED) is 0.457. The van der Waals surface area contributed by atoms with E-state index in [0.29, 0.717) is 23.2 Å². The number of benzene rings is 1. The third-order valence-electron chi connectivity index (χ3n) is 6.45. The molecule has 1 aromatic carbocycles. The van der Waals surface area contributed by atoms with Crippen molar-refractivity contribution in [2.24, 2.45) is 0 Å². The summed E-state index contributed by atoms with van der Waals surface area (Å²) in [4.78, 5) is 21.2. The molecule has 0 spiro atoms. The zero-order valence-corrected chi connectivity index (χ0v) is 19.1. The number of nitrogens with one attached hydrogen (secondary N) is 2. The minimum absolute atomic E-state index is 0.320. The highest BCUT2D eigenvalue weighted by molar-refractivity contribution is 5.94. The lowest BCUT2D eigenvalue weighted by molar-refractivity contribution is 0.586. The standard InChI is InChI=1S/C26H26FN7/c1-16-2-5-20(27)21(12-16)31-23-13-18(6-7-30-23)25-32-22-15-29-14-19(17-3-4-17)24(22)26(33-25)34-10-8-28-9-11-34/h2,5-7,12-15,17,28H,3-4,8-11H2,1H3,(H,30,31). The summed E-state index contributed by atoms with van der Waals surface area (Å²) in [7, 11) is 0. The van der Waals surface area contributed by atoms with Gasteiger partial charge in [0.15, 0.2) is 5.82 Å². The molecule has 4 aromatic rings. The predicted octanol–water partition coefficient (Wildman–Crippen LogP) is 4.56. The fourth-order valence-electron chi connectivity index (χ4n) is 4.54. The maximum absolute atomic E-state index is 14.3. The van der Waals surface area contributed by atoms with Crippen LogP contribution in [0.5, 0.6) is 0 Å². The monoisotopic (exact) mass is 455 g/mol. The number of piperazine rings is 1. The molecule has 3 aromatic heterocycles. The van der Waals surface area contributed by atoms with E-state index in [2.05, 4.69) is 25.5 Å². The van der Waals surface area contributed by atoms with Crippen molar-refractivity contribution in [3.63, 3.8) is 0 Å². The van der Waals surface area contributed by atoms with Gasteiger partial charge in [-0.2, -0.15) is 0 Å². The normalized spacial score (nSPS) is 16.1. The Hall–Kier alpha value is -3.65. The first kappa shape index (κ1) is 20.9. The lowest BCUT2D eigenvalue weighted by Gasteiger charge is -2.30. The van der Waals surface area contributed by atoms with E-state index in [1.54, 1.807) is 18.3 Å². The lowest BCUT2D eigenvalue weighted by atomic mass is 10.1. The summed E-state index contributed by atoms with van der Waals surface area (Å²) in [5.74, 6) is 2.36. The van der Waals surface area contributed by atoms with E-state index in [-0.39, 0.29) is 5.82 Å². The molecule has 34 heavy (non-hydrogen) atoms. The highest BCUT2D eigenvalue weighted by atomic mass is 19.1. The van der Waals surface area contributed by atoms with Crippen LogP contribution in [0.1, 0.15) is 29.9 Å². The molecule has 0 amide bonds. The largest absolute Gasteiger partial charge is 0.353 e. The van der Waals surface area contributed by atoms with E-state index in [4.69, 9.17) is 9.97 Å². The highest BCUT2D eigenvalue weighted by Gasteiger charge is 2.29. The molecule has 6 rings (SSSR count). The number of hydrogen-bond donors (Lipinski definition) is 2. The third-order valence-corrected chi connectivity index (χ3v) is 6.45. The molecule has 2 aliphatic rings. The summed E-state index contributed by atoms with van der Waals surface area (Å²) in [6.45, 7) is 5.58. The molecule has 7 nitrogen and oxygen atoms in total. The topological polar surface area (TPSA) is 78.9 Å². The molecule has 1 saturated heterocycles. The van der Waals surface area contributed by atoms with Crippen LogP contribution in [0.15, 0.2) is 48.9 Å². The van der Waals surface area contributed by atoms with E-state index < -0.39 is 0 Å². The first-order chi connectivity index (χ1) is 16.7. The number of pyridine rings is 2. The zero-order valence-electron chi connectivity index (χ0n) is 19.1. The van der Waals surface area contributed by atoms with Crippen molar-refractivity contribution in [2.75, 3.05) is 36.4 Å². The Balaban J connectivity index is 1.44. The van der Waals surface area contributed by atoms with Gasteiger partial charge in [0, 0.05) is 49.5 Å². The molecule has 172 valence electrons. The maximum atomic E-state index is 14.3. The summed E-state index contributed by atoms with van der Waals surface area (Å²) < 4.78 is 14.3. The molecule has 1 aliphatic carbocycles. The van der Waals surface area contributed by atoms with E-state index in [1.807, 2.05) is 31.5 Å². The van der Waals surface area contributed by atoms with Crippen LogP contribution in [0.25, 0.3) is 22.3 Å². The second-order valence-corrected chi connectivity index (χ2v) is 9.04. The van der Waals surface area contributed by atoms with Crippen molar-refractivity contribution in [2.45, 2.75) is 25.7 Å². The Morgan fingerprint density at radius 2 is 1.91 bits per heavy atom. The lowest BCUT2D eigenvalue weighted by Crippen LogP contribution is -2.44. The van der Waals surface area contributed by atoms with E-state index in [1.165, 1.54) is 24.5 Å².